The topological polar surface area (TPSA) is 50.5 Å². The van der Waals surface area contributed by atoms with E-state index < -0.39 is 0 Å². The number of nitrogens with zero attached hydrogens (tertiary/aromatic N) is 1. The zero-order valence-corrected chi connectivity index (χ0v) is 10.6. The number of hydrogen-bond acceptors (Lipinski definition) is 4. The van der Waals surface area contributed by atoms with Crippen molar-refractivity contribution in [1.82, 2.24) is 4.90 Å². The lowest BCUT2D eigenvalue weighted by Gasteiger charge is -2.16. The van der Waals surface area contributed by atoms with Crippen LogP contribution in [0.25, 0.3) is 0 Å². The van der Waals surface area contributed by atoms with Crippen molar-refractivity contribution in [2.24, 2.45) is 0 Å². The Hall–Kier alpha value is -1.42. The van der Waals surface area contributed by atoms with Crippen molar-refractivity contribution >= 4 is 11.4 Å². The summed E-state index contributed by atoms with van der Waals surface area (Å²) in [6.07, 6.45) is 2.70. The number of likely N-dealkylation sites (N-methyl/N-ethyl adjacent to an activating group) is 1. The summed E-state index contributed by atoms with van der Waals surface area (Å²) in [5.41, 5.74) is 7.54. The molecule has 0 aromatic heterocycles. The summed E-state index contributed by atoms with van der Waals surface area (Å²) in [7, 11) is 3.83. The van der Waals surface area contributed by atoms with Gasteiger partial charge >= 0.3 is 0 Å². The zero-order valence-electron chi connectivity index (χ0n) is 10.6. The molecule has 17 heavy (non-hydrogen) atoms. The molecule has 0 radical (unpaired) electrons. The number of ether oxygens (including phenoxy) is 1. The molecular formula is C13H21N3O. The number of hydrogen-bond donors (Lipinski definition) is 2. The molecule has 1 fully saturated rings. The molecule has 1 aliphatic carbocycles. The van der Waals surface area contributed by atoms with E-state index in [4.69, 9.17) is 10.5 Å². The van der Waals surface area contributed by atoms with Gasteiger partial charge in [0, 0.05) is 42.6 Å². The molecular weight excluding hydrogens is 214 g/mol. The maximum Gasteiger partial charge on any atom is 0.122 e. The molecule has 0 atom stereocenters. The van der Waals surface area contributed by atoms with Crippen LogP contribution in [-0.2, 0) is 0 Å². The number of anilines is 2. The number of nitrogen functional groups attached to an aromatic ring is 1. The second-order valence-electron chi connectivity index (χ2n) is 4.63. The van der Waals surface area contributed by atoms with Crippen LogP contribution < -0.4 is 15.8 Å². The zero-order chi connectivity index (χ0) is 12.3. The van der Waals surface area contributed by atoms with E-state index in [-0.39, 0.29) is 0 Å². The summed E-state index contributed by atoms with van der Waals surface area (Å²) in [5.74, 6) is 0.794. The predicted molar refractivity (Wildman–Crippen MR) is 71.5 cm³/mol. The van der Waals surface area contributed by atoms with Crippen LogP contribution >= 0.6 is 0 Å². The number of benzene rings is 1. The lowest BCUT2D eigenvalue weighted by atomic mass is 10.2. The van der Waals surface area contributed by atoms with Gasteiger partial charge in [0.05, 0.1) is 7.11 Å². The van der Waals surface area contributed by atoms with E-state index in [0.717, 1.165) is 36.3 Å². The normalized spacial score (nSPS) is 15.0. The molecule has 0 bridgehead atoms. The summed E-state index contributed by atoms with van der Waals surface area (Å²) >= 11 is 0. The van der Waals surface area contributed by atoms with Crippen molar-refractivity contribution in [2.75, 3.05) is 38.3 Å². The number of rotatable bonds is 6. The van der Waals surface area contributed by atoms with Crippen molar-refractivity contribution in [2.45, 2.75) is 18.9 Å². The van der Waals surface area contributed by atoms with Gasteiger partial charge in [-0.05, 0) is 26.0 Å². The van der Waals surface area contributed by atoms with Crippen molar-refractivity contribution in [3.05, 3.63) is 18.2 Å². The fourth-order valence-corrected chi connectivity index (χ4v) is 1.92. The van der Waals surface area contributed by atoms with Gasteiger partial charge in [0.25, 0.3) is 0 Å². The number of methoxy groups -OCH3 is 1. The average molecular weight is 235 g/mol. The maximum atomic E-state index is 5.79. The third-order valence-corrected chi connectivity index (χ3v) is 3.13. The minimum absolute atomic E-state index is 0.724. The second kappa shape index (κ2) is 5.27. The molecule has 0 saturated heterocycles. The number of nitrogens with two attached hydrogens (primary N) is 1. The Morgan fingerprint density at radius 3 is 2.82 bits per heavy atom. The predicted octanol–water partition coefficient (Wildman–Crippen LogP) is 1.78. The molecule has 0 heterocycles. The van der Waals surface area contributed by atoms with Crippen LogP contribution in [-0.4, -0.2) is 38.2 Å². The van der Waals surface area contributed by atoms with Crippen LogP contribution in [0.2, 0.25) is 0 Å². The lowest BCUT2D eigenvalue weighted by molar-refractivity contribution is 0.337. The quantitative estimate of drug-likeness (QED) is 0.738. The molecule has 1 aliphatic rings. The summed E-state index contributed by atoms with van der Waals surface area (Å²) in [6.45, 7) is 1.99. The molecule has 4 heteroatoms. The number of nitrogens with one attached hydrogen (secondary N) is 1. The van der Waals surface area contributed by atoms with E-state index in [1.54, 1.807) is 7.11 Å². The summed E-state index contributed by atoms with van der Waals surface area (Å²) in [4.78, 5) is 2.40. The molecule has 1 saturated carbocycles. The fourth-order valence-electron chi connectivity index (χ4n) is 1.92. The van der Waals surface area contributed by atoms with Gasteiger partial charge in [-0.1, -0.05) is 0 Å². The lowest BCUT2D eigenvalue weighted by Crippen LogP contribution is -2.27. The highest BCUT2D eigenvalue weighted by Crippen LogP contribution is 2.25. The molecule has 2 rings (SSSR count). The Labute approximate surface area is 103 Å². The van der Waals surface area contributed by atoms with E-state index in [1.165, 1.54) is 12.8 Å². The monoisotopic (exact) mass is 235 g/mol. The van der Waals surface area contributed by atoms with Gasteiger partial charge in [-0.2, -0.15) is 0 Å². The van der Waals surface area contributed by atoms with Gasteiger partial charge in [-0.3, -0.25) is 0 Å². The first-order valence-electron chi connectivity index (χ1n) is 6.07. The standard InChI is InChI=1S/C13H21N3O/c1-16(12-3-4-12)6-5-15-11-7-10(14)8-13(9-11)17-2/h7-9,12,15H,3-6,14H2,1-2H3. The molecule has 0 unspecified atom stereocenters. The van der Waals surface area contributed by atoms with E-state index in [0.29, 0.717) is 0 Å². The Kier molecular flexibility index (Phi) is 3.74. The highest BCUT2D eigenvalue weighted by molar-refractivity contribution is 5.59. The van der Waals surface area contributed by atoms with E-state index in [9.17, 15) is 0 Å². The first-order chi connectivity index (χ1) is 8.19. The van der Waals surface area contributed by atoms with Crippen molar-refractivity contribution in [1.29, 1.82) is 0 Å². The molecule has 0 amide bonds. The molecule has 4 nitrogen and oxygen atoms in total. The summed E-state index contributed by atoms with van der Waals surface area (Å²) in [6, 6.07) is 6.53. The first-order valence-corrected chi connectivity index (χ1v) is 6.07. The third-order valence-electron chi connectivity index (χ3n) is 3.13. The maximum absolute atomic E-state index is 5.79. The van der Waals surface area contributed by atoms with Gasteiger partial charge in [0.15, 0.2) is 0 Å². The molecule has 1 aromatic rings. The molecule has 0 spiro atoms. The van der Waals surface area contributed by atoms with Crippen LogP contribution in [0.4, 0.5) is 11.4 Å². The van der Waals surface area contributed by atoms with Crippen LogP contribution in [0.1, 0.15) is 12.8 Å². The van der Waals surface area contributed by atoms with Gasteiger partial charge in [0.1, 0.15) is 5.75 Å². The second-order valence-corrected chi connectivity index (χ2v) is 4.63. The minimum Gasteiger partial charge on any atom is -0.497 e. The Morgan fingerprint density at radius 2 is 2.18 bits per heavy atom. The Morgan fingerprint density at radius 1 is 1.41 bits per heavy atom. The summed E-state index contributed by atoms with van der Waals surface area (Å²) < 4.78 is 5.18. The Bertz CT molecular complexity index is 377. The van der Waals surface area contributed by atoms with Gasteiger partial charge < -0.3 is 20.7 Å². The van der Waals surface area contributed by atoms with Crippen molar-refractivity contribution in [3.63, 3.8) is 0 Å². The molecule has 3 N–H and O–H groups in total. The van der Waals surface area contributed by atoms with Gasteiger partial charge in [-0.25, -0.2) is 0 Å². The van der Waals surface area contributed by atoms with Gasteiger partial charge in [0.2, 0.25) is 0 Å². The fraction of sp³-hybridized carbons (Fsp3) is 0.538. The largest absolute Gasteiger partial charge is 0.497 e. The molecule has 1 aromatic carbocycles. The smallest absolute Gasteiger partial charge is 0.122 e. The van der Waals surface area contributed by atoms with E-state index in [2.05, 4.69) is 17.3 Å². The first kappa shape index (κ1) is 12.0. The van der Waals surface area contributed by atoms with Crippen molar-refractivity contribution < 1.29 is 4.74 Å². The molecule has 94 valence electrons. The average Bonchev–Trinajstić information content (AvgIpc) is 3.12. The van der Waals surface area contributed by atoms with Crippen LogP contribution in [0.15, 0.2) is 18.2 Å². The van der Waals surface area contributed by atoms with E-state index >= 15 is 0 Å². The highest BCUT2D eigenvalue weighted by Gasteiger charge is 2.25. The molecule has 0 aliphatic heterocycles. The van der Waals surface area contributed by atoms with E-state index in [1.807, 2.05) is 18.2 Å². The van der Waals surface area contributed by atoms with Crippen LogP contribution in [0.3, 0.4) is 0 Å². The Balaban J connectivity index is 1.83. The van der Waals surface area contributed by atoms with Crippen LogP contribution in [0.5, 0.6) is 5.75 Å². The van der Waals surface area contributed by atoms with Gasteiger partial charge in [-0.15, -0.1) is 0 Å². The highest BCUT2D eigenvalue weighted by atomic mass is 16.5. The van der Waals surface area contributed by atoms with Crippen molar-refractivity contribution in [3.8, 4) is 5.75 Å². The van der Waals surface area contributed by atoms with Crippen LogP contribution in [0, 0.1) is 0 Å². The minimum atomic E-state index is 0.724. The third kappa shape index (κ3) is 3.53. The summed E-state index contributed by atoms with van der Waals surface area (Å²) in [5, 5.41) is 3.37. The SMILES string of the molecule is COc1cc(N)cc(NCCN(C)C2CC2)c1.